The number of alkyl carbamates (subject to hydrolysis) is 1. The van der Waals surface area contributed by atoms with Gasteiger partial charge in [-0.1, -0.05) is 6.92 Å². The molecule has 0 aliphatic carbocycles. The van der Waals surface area contributed by atoms with Gasteiger partial charge in [0.2, 0.25) is 0 Å². The van der Waals surface area contributed by atoms with Gasteiger partial charge in [-0.3, -0.25) is 4.79 Å². The van der Waals surface area contributed by atoms with Crippen molar-refractivity contribution in [3.8, 4) is 0 Å². The lowest BCUT2D eigenvalue weighted by Gasteiger charge is -2.22. The van der Waals surface area contributed by atoms with Crippen molar-refractivity contribution in [2.75, 3.05) is 6.61 Å². The number of carbonyl (C=O) groups is 3. The molecule has 0 bridgehead atoms. The molecule has 0 fully saturated rings. The van der Waals surface area contributed by atoms with Crippen LogP contribution in [0.2, 0.25) is 0 Å². The molecule has 1 atom stereocenters. The molecule has 0 spiro atoms. The van der Waals surface area contributed by atoms with Gasteiger partial charge >= 0.3 is 12.1 Å². The molecule has 0 saturated heterocycles. The Hall–Kier alpha value is -1.59. The maximum atomic E-state index is 11.8. The Labute approximate surface area is 113 Å². The second-order valence-corrected chi connectivity index (χ2v) is 5.05. The molecular weight excluding hydrogens is 250 g/mol. The summed E-state index contributed by atoms with van der Waals surface area (Å²) in [5.74, 6) is -1.14. The van der Waals surface area contributed by atoms with Gasteiger partial charge in [0.15, 0.2) is 11.8 Å². The van der Waals surface area contributed by atoms with Crippen LogP contribution in [0.3, 0.4) is 0 Å². The maximum Gasteiger partial charge on any atom is 0.408 e. The molecule has 1 unspecified atom stereocenters. The third-order valence-electron chi connectivity index (χ3n) is 2.00. The van der Waals surface area contributed by atoms with Crippen LogP contribution in [-0.2, 0) is 19.1 Å². The van der Waals surface area contributed by atoms with Crippen molar-refractivity contribution >= 4 is 17.8 Å². The molecule has 110 valence electrons. The minimum Gasteiger partial charge on any atom is -0.464 e. The largest absolute Gasteiger partial charge is 0.464 e. The standard InChI is InChI=1S/C13H23NO5/c1-6-8-9(15)10(11(16)18-7-2)14-12(17)19-13(3,4)5/h10H,6-8H2,1-5H3,(H,14,17). The molecule has 0 aromatic rings. The zero-order chi connectivity index (χ0) is 15.1. The smallest absolute Gasteiger partial charge is 0.408 e. The number of ether oxygens (including phenoxy) is 2. The number of nitrogens with one attached hydrogen (secondary N) is 1. The first kappa shape index (κ1) is 17.4. The Morgan fingerprint density at radius 3 is 2.16 bits per heavy atom. The quantitative estimate of drug-likeness (QED) is 0.589. The van der Waals surface area contributed by atoms with Gasteiger partial charge in [-0.2, -0.15) is 0 Å². The van der Waals surface area contributed by atoms with E-state index in [1.807, 2.05) is 6.92 Å². The monoisotopic (exact) mass is 273 g/mol. The van der Waals surface area contributed by atoms with E-state index in [1.54, 1.807) is 27.7 Å². The first-order chi connectivity index (χ1) is 8.71. The average molecular weight is 273 g/mol. The van der Waals surface area contributed by atoms with Crippen molar-refractivity contribution in [2.24, 2.45) is 0 Å². The van der Waals surface area contributed by atoms with E-state index in [9.17, 15) is 14.4 Å². The molecule has 0 aliphatic heterocycles. The summed E-state index contributed by atoms with van der Waals surface area (Å²) >= 11 is 0. The van der Waals surface area contributed by atoms with E-state index < -0.39 is 23.7 Å². The van der Waals surface area contributed by atoms with Crippen LogP contribution < -0.4 is 5.32 Å². The molecule has 0 aromatic heterocycles. The molecule has 6 heteroatoms. The van der Waals surface area contributed by atoms with Crippen molar-refractivity contribution in [3.63, 3.8) is 0 Å². The highest BCUT2D eigenvalue weighted by molar-refractivity contribution is 6.05. The number of rotatable bonds is 6. The highest BCUT2D eigenvalue weighted by Gasteiger charge is 2.30. The Bertz CT molecular complexity index is 314. The summed E-state index contributed by atoms with van der Waals surface area (Å²) in [6, 6.07) is -1.30. The van der Waals surface area contributed by atoms with Gasteiger partial charge in [0.05, 0.1) is 6.61 Å². The molecular formula is C13H23NO5. The lowest BCUT2D eigenvalue weighted by atomic mass is 10.1. The Morgan fingerprint density at radius 1 is 1.16 bits per heavy atom. The molecule has 0 radical (unpaired) electrons. The number of amides is 1. The summed E-state index contributed by atoms with van der Waals surface area (Å²) in [4.78, 5) is 35.0. The van der Waals surface area contributed by atoms with Crippen LogP contribution >= 0.6 is 0 Å². The van der Waals surface area contributed by atoms with Crippen molar-refractivity contribution in [1.29, 1.82) is 0 Å². The van der Waals surface area contributed by atoms with Crippen molar-refractivity contribution in [2.45, 2.75) is 59.1 Å². The Morgan fingerprint density at radius 2 is 1.74 bits per heavy atom. The van der Waals surface area contributed by atoms with Gasteiger partial charge in [-0.15, -0.1) is 0 Å². The van der Waals surface area contributed by atoms with Crippen LogP contribution in [0.4, 0.5) is 4.79 Å². The minimum absolute atomic E-state index is 0.144. The van der Waals surface area contributed by atoms with E-state index in [1.165, 1.54) is 0 Å². The summed E-state index contributed by atoms with van der Waals surface area (Å²) in [5, 5.41) is 2.26. The molecule has 0 rings (SSSR count). The van der Waals surface area contributed by atoms with Crippen LogP contribution in [0.15, 0.2) is 0 Å². The molecule has 0 heterocycles. The third kappa shape index (κ3) is 7.43. The molecule has 0 aliphatic rings. The normalized spacial score (nSPS) is 12.5. The van der Waals surface area contributed by atoms with E-state index in [4.69, 9.17) is 9.47 Å². The van der Waals surface area contributed by atoms with Gasteiger partial charge in [-0.05, 0) is 34.1 Å². The topological polar surface area (TPSA) is 81.7 Å². The molecule has 19 heavy (non-hydrogen) atoms. The Kier molecular flexibility index (Phi) is 7.11. The number of carbonyl (C=O) groups excluding carboxylic acids is 3. The summed E-state index contributed by atoms with van der Waals surface area (Å²) in [6.45, 7) is 8.67. The zero-order valence-corrected chi connectivity index (χ0v) is 12.2. The van der Waals surface area contributed by atoms with Crippen LogP contribution in [0.5, 0.6) is 0 Å². The van der Waals surface area contributed by atoms with Crippen LogP contribution in [0.1, 0.15) is 47.5 Å². The fourth-order valence-electron chi connectivity index (χ4n) is 1.31. The van der Waals surface area contributed by atoms with Crippen LogP contribution in [0, 0.1) is 0 Å². The lowest BCUT2D eigenvalue weighted by Crippen LogP contribution is -2.48. The zero-order valence-electron chi connectivity index (χ0n) is 12.2. The Balaban J connectivity index is 4.71. The predicted octanol–water partition coefficient (Wildman–Crippen LogP) is 1.81. The lowest BCUT2D eigenvalue weighted by molar-refractivity contribution is -0.148. The SMILES string of the molecule is CCCC(=O)C(NC(=O)OC(C)(C)C)C(=O)OCC. The maximum absolute atomic E-state index is 11.8. The minimum atomic E-state index is -1.30. The van der Waals surface area contributed by atoms with Crippen molar-refractivity contribution in [1.82, 2.24) is 5.32 Å². The van der Waals surface area contributed by atoms with Crippen LogP contribution in [0.25, 0.3) is 0 Å². The first-order valence-corrected chi connectivity index (χ1v) is 6.40. The molecule has 1 N–H and O–H groups in total. The fraction of sp³-hybridized carbons (Fsp3) is 0.769. The van der Waals surface area contributed by atoms with Gasteiger partial charge in [0.25, 0.3) is 0 Å². The summed E-state index contributed by atoms with van der Waals surface area (Å²) in [7, 11) is 0. The van der Waals surface area contributed by atoms with Crippen LogP contribution in [-0.4, -0.2) is 36.1 Å². The summed E-state index contributed by atoms with van der Waals surface area (Å²) in [6.07, 6.45) is -0.0284. The number of Topliss-reactive ketones (excluding diaryl/α,β-unsaturated/α-hetero) is 1. The molecule has 0 aromatic carbocycles. The second kappa shape index (κ2) is 7.76. The van der Waals surface area contributed by atoms with Gasteiger partial charge in [-0.25, -0.2) is 9.59 Å². The number of hydrogen-bond acceptors (Lipinski definition) is 5. The van der Waals surface area contributed by atoms with E-state index in [0.29, 0.717) is 6.42 Å². The number of ketones is 1. The third-order valence-corrected chi connectivity index (χ3v) is 2.00. The fourth-order valence-corrected chi connectivity index (χ4v) is 1.31. The molecule has 1 amide bonds. The van der Waals surface area contributed by atoms with Gasteiger partial charge in [0, 0.05) is 6.42 Å². The van der Waals surface area contributed by atoms with E-state index in [2.05, 4.69) is 5.32 Å². The number of esters is 1. The van der Waals surface area contributed by atoms with Crippen molar-refractivity contribution < 1.29 is 23.9 Å². The van der Waals surface area contributed by atoms with E-state index in [-0.39, 0.29) is 18.8 Å². The van der Waals surface area contributed by atoms with Gasteiger partial charge in [0.1, 0.15) is 5.60 Å². The first-order valence-electron chi connectivity index (χ1n) is 6.40. The molecule has 6 nitrogen and oxygen atoms in total. The highest BCUT2D eigenvalue weighted by Crippen LogP contribution is 2.07. The highest BCUT2D eigenvalue weighted by atomic mass is 16.6. The number of hydrogen-bond donors (Lipinski definition) is 1. The summed E-state index contributed by atoms with van der Waals surface area (Å²) < 4.78 is 9.79. The van der Waals surface area contributed by atoms with Gasteiger partial charge < -0.3 is 14.8 Å². The predicted molar refractivity (Wildman–Crippen MR) is 69.7 cm³/mol. The second-order valence-electron chi connectivity index (χ2n) is 5.05. The molecule has 0 saturated carbocycles. The van der Waals surface area contributed by atoms with E-state index >= 15 is 0 Å². The average Bonchev–Trinajstić information content (AvgIpc) is 2.24. The van der Waals surface area contributed by atoms with Crippen molar-refractivity contribution in [3.05, 3.63) is 0 Å². The summed E-state index contributed by atoms with van der Waals surface area (Å²) in [5.41, 5.74) is -0.697. The van der Waals surface area contributed by atoms with E-state index in [0.717, 1.165) is 0 Å².